The molecule has 0 aromatic carbocycles. The number of anilines is 2. The summed E-state index contributed by atoms with van der Waals surface area (Å²) in [5.41, 5.74) is 6.49. The van der Waals surface area contributed by atoms with Crippen molar-refractivity contribution >= 4 is 22.2 Å². The highest BCUT2D eigenvalue weighted by Crippen LogP contribution is 2.19. The molecule has 9 heteroatoms. The van der Waals surface area contributed by atoms with Crippen LogP contribution in [0.2, 0.25) is 0 Å². The van der Waals surface area contributed by atoms with Gasteiger partial charge in [0.15, 0.2) is 0 Å². The second-order valence-electron chi connectivity index (χ2n) is 6.47. The summed E-state index contributed by atoms with van der Waals surface area (Å²) in [6, 6.07) is 1.80. The third-order valence-corrected chi connectivity index (χ3v) is 4.72. The lowest BCUT2D eigenvalue weighted by molar-refractivity contribution is -0.852. The van der Waals surface area contributed by atoms with E-state index in [0.717, 1.165) is 55.7 Å². The molecule has 1 saturated heterocycles. The van der Waals surface area contributed by atoms with Crippen LogP contribution in [0.5, 0.6) is 0 Å². The molecule has 0 unspecified atom stereocenters. The molecule has 1 aromatic rings. The van der Waals surface area contributed by atoms with Gasteiger partial charge in [0, 0.05) is 25.6 Å². The van der Waals surface area contributed by atoms with Gasteiger partial charge in [0.05, 0.1) is 0 Å². The summed E-state index contributed by atoms with van der Waals surface area (Å²) in [4.78, 5) is 6.36. The molecule has 2 rings (SSSR count). The van der Waals surface area contributed by atoms with E-state index < -0.39 is 10.4 Å². The lowest BCUT2D eigenvalue weighted by atomic mass is 10.1. The van der Waals surface area contributed by atoms with E-state index in [1.165, 1.54) is 19.3 Å². The van der Waals surface area contributed by atoms with E-state index in [4.69, 9.17) is 10.3 Å². The minimum atomic E-state index is -4.67. The molecular weight excluding hydrogens is 344 g/mol. The Morgan fingerprint density at radius 2 is 1.88 bits per heavy atom. The van der Waals surface area contributed by atoms with Gasteiger partial charge in [-0.05, 0) is 24.0 Å². The molecule has 0 radical (unpaired) electrons. The lowest BCUT2D eigenvalue weighted by Crippen LogP contribution is -2.52. The topological polar surface area (TPSA) is 110 Å². The summed E-state index contributed by atoms with van der Waals surface area (Å²) in [6.07, 6.45) is 9.52. The summed E-state index contributed by atoms with van der Waals surface area (Å²) in [5, 5.41) is 0. The van der Waals surface area contributed by atoms with Crippen LogP contribution in [0.15, 0.2) is 6.07 Å². The van der Waals surface area contributed by atoms with Gasteiger partial charge < -0.3 is 4.90 Å². The zero-order valence-electron chi connectivity index (χ0n) is 14.9. The average Bonchev–Trinajstić information content (AvgIpc) is 3.06. The predicted molar refractivity (Wildman–Crippen MR) is 95.5 cm³/mol. The lowest BCUT2D eigenvalue weighted by Gasteiger charge is -2.15. The first-order valence-electron chi connectivity index (χ1n) is 9.04. The van der Waals surface area contributed by atoms with Gasteiger partial charge in [0.2, 0.25) is 5.82 Å². The van der Waals surface area contributed by atoms with E-state index >= 15 is 0 Å². The van der Waals surface area contributed by atoms with Crippen LogP contribution in [-0.2, 0) is 16.8 Å². The van der Waals surface area contributed by atoms with Crippen molar-refractivity contribution in [2.45, 2.75) is 64.7 Å². The second-order valence-corrected chi connectivity index (χ2v) is 7.48. The van der Waals surface area contributed by atoms with Gasteiger partial charge in [-0.25, -0.2) is 4.28 Å². The molecule has 25 heavy (non-hydrogen) atoms. The first-order chi connectivity index (χ1) is 11.9. The highest BCUT2D eigenvalue weighted by molar-refractivity contribution is 7.80. The third-order valence-electron chi connectivity index (χ3n) is 4.38. The van der Waals surface area contributed by atoms with Gasteiger partial charge >= 0.3 is 16.3 Å². The molecule has 8 nitrogen and oxygen atoms in total. The van der Waals surface area contributed by atoms with Crippen molar-refractivity contribution < 1.29 is 22.0 Å². The van der Waals surface area contributed by atoms with Crippen LogP contribution in [0, 0.1) is 0 Å². The summed E-state index contributed by atoms with van der Waals surface area (Å²) in [5.74, 6) is 0.647. The number of rotatable bonds is 10. The van der Waals surface area contributed by atoms with Crippen molar-refractivity contribution in [3.05, 3.63) is 11.8 Å². The number of aromatic nitrogens is 2. The molecule has 1 fully saturated rings. The molecule has 142 valence electrons. The maximum absolute atomic E-state index is 11.1. The van der Waals surface area contributed by atoms with Crippen LogP contribution in [0.1, 0.15) is 64.0 Å². The summed E-state index contributed by atoms with van der Waals surface area (Å²) >= 11 is 0. The monoisotopic (exact) mass is 373 g/mol. The number of nitrogen functional groups attached to an aromatic ring is 1. The molecule has 1 aromatic heterocycles. The minimum Gasteiger partial charge on any atom is -0.343 e. The van der Waals surface area contributed by atoms with Crippen LogP contribution in [0.25, 0.3) is 0 Å². The molecule has 1 aliphatic rings. The van der Waals surface area contributed by atoms with E-state index in [1.54, 1.807) is 6.07 Å². The summed E-state index contributed by atoms with van der Waals surface area (Å²) in [7, 11) is -4.67. The van der Waals surface area contributed by atoms with Crippen molar-refractivity contribution in [2.24, 2.45) is 0 Å². The van der Waals surface area contributed by atoms with Crippen molar-refractivity contribution in [1.29, 1.82) is 0 Å². The average molecular weight is 373 g/mol. The Kier molecular flexibility index (Phi) is 7.24. The summed E-state index contributed by atoms with van der Waals surface area (Å²) in [6.45, 7) is 3.99. The van der Waals surface area contributed by atoms with E-state index in [1.807, 2.05) is 0 Å². The standard InChI is InChI=1S/C16H28N4O4S/c1-2-3-4-5-6-7-10-14-13-15(19-11-8-9-12-19)18-16(17)20(14)24-25(21,22)23/h13,17H,2-12H2,1H3,(H,21,22,23)/p+1. The van der Waals surface area contributed by atoms with E-state index in [9.17, 15) is 8.42 Å². The number of hydrogen-bond donors (Lipinski definition) is 2. The molecule has 0 spiro atoms. The molecule has 0 bridgehead atoms. The number of unbranched alkanes of at least 4 members (excludes halogenated alkanes) is 5. The fourth-order valence-electron chi connectivity index (χ4n) is 3.10. The largest absolute Gasteiger partial charge is 0.476 e. The molecule has 0 amide bonds. The Bertz CT molecular complexity index is 660. The van der Waals surface area contributed by atoms with Gasteiger partial charge in [-0.1, -0.05) is 44.0 Å². The van der Waals surface area contributed by atoms with E-state index in [-0.39, 0.29) is 5.95 Å². The first-order valence-corrected chi connectivity index (χ1v) is 10.4. The number of nitrogens with zero attached hydrogens (tertiary/aromatic N) is 3. The Hall–Kier alpha value is -1.61. The Labute approximate surface area is 149 Å². The van der Waals surface area contributed by atoms with Crippen LogP contribution >= 0.6 is 0 Å². The molecule has 3 N–H and O–H groups in total. The first kappa shape index (κ1) is 19.7. The van der Waals surface area contributed by atoms with Crippen LogP contribution in [0.4, 0.5) is 11.8 Å². The Morgan fingerprint density at radius 3 is 2.52 bits per heavy atom. The zero-order valence-corrected chi connectivity index (χ0v) is 15.7. The fraction of sp³-hybridized carbons (Fsp3) is 0.750. The van der Waals surface area contributed by atoms with Crippen molar-refractivity contribution in [2.75, 3.05) is 23.7 Å². The second kappa shape index (κ2) is 9.19. The smallest absolute Gasteiger partial charge is 0.343 e. The molecule has 2 heterocycles. The van der Waals surface area contributed by atoms with Crippen LogP contribution < -0.4 is 19.6 Å². The number of hydrogen-bond acceptors (Lipinski definition) is 6. The normalized spacial score (nSPS) is 14.9. The quantitative estimate of drug-likeness (QED) is 0.365. The van der Waals surface area contributed by atoms with Gasteiger partial charge in [0.25, 0.3) is 0 Å². The molecule has 0 saturated carbocycles. The number of nitrogens with two attached hydrogens (primary N) is 1. The minimum absolute atomic E-state index is 0.0805. The van der Waals surface area contributed by atoms with E-state index in [0.29, 0.717) is 12.1 Å². The van der Waals surface area contributed by atoms with Gasteiger partial charge in [-0.15, -0.1) is 0 Å². The van der Waals surface area contributed by atoms with Gasteiger partial charge in [-0.3, -0.25) is 10.3 Å². The predicted octanol–water partition coefficient (Wildman–Crippen LogP) is 1.69. The third kappa shape index (κ3) is 6.32. The van der Waals surface area contributed by atoms with Crippen LogP contribution in [0.3, 0.4) is 0 Å². The Morgan fingerprint density at radius 1 is 1.24 bits per heavy atom. The SMILES string of the molecule is CCCCCCCCc1cc(N2CCCC2)nc(N)[n+]1OS(=O)(=O)O. The van der Waals surface area contributed by atoms with Crippen molar-refractivity contribution in [3.63, 3.8) is 0 Å². The molecule has 0 aliphatic carbocycles. The maximum Gasteiger partial charge on any atom is 0.476 e. The number of aryl methyl sites for hydroxylation is 1. The summed E-state index contributed by atoms with van der Waals surface area (Å²) < 4.78 is 36.8. The molecule has 1 aliphatic heterocycles. The van der Waals surface area contributed by atoms with E-state index in [2.05, 4.69) is 21.1 Å². The Balaban J connectivity index is 2.13. The van der Waals surface area contributed by atoms with Crippen molar-refractivity contribution in [3.8, 4) is 0 Å². The fourth-order valence-corrected chi connectivity index (χ4v) is 3.46. The maximum atomic E-state index is 11.1. The highest BCUT2D eigenvalue weighted by atomic mass is 32.3. The van der Waals surface area contributed by atoms with Crippen LogP contribution in [-0.4, -0.2) is 31.0 Å². The zero-order chi connectivity index (χ0) is 18.3. The van der Waals surface area contributed by atoms with Gasteiger partial charge in [-0.2, -0.15) is 8.42 Å². The van der Waals surface area contributed by atoms with Gasteiger partial charge in [0.1, 0.15) is 5.69 Å². The highest BCUT2D eigenvalue weighted by Gasteiger charge is 2.25. The molecular formula is C16H29N4O4S+. The van der Waals surface area contributed by atoms with Crippen molar-refractivity contribution in [1.82, 2.24) is 4.98 Å². The molecule has 0 atom stereocenters.